The number of halogens is 3. The van der Waals surface area contributed by atoms with Crippen LogP contribution in [0.4, 0.5) is 13.2 Å². The molecule has 0 saturated heterocycles. The molecule has 0 aliphatic carbocycles. The second-order valence-corrected chi connectivity index (χ2v) is 6.38. The first kappa shape index (κ1) is 17.5. The molecule has 2 aromatic carbocycles. The largest absolute Gasteiger partial charge is 0.494 e. The number of nitrogens with zero attached hydrogens (tertiary/aromatic N) is 1. The number of hydrogen-bond acceptors (Lipinski definition) is 3. The highest BCUT2D eigenvalue weighted by Crippen LogP contribution is 2.37. The number of hydrogen-bond donors (Lipinski definition) is 0. The Hall–Kier alpha value is -2.34. The number of thiazole rings is 1. The lowest BCUT2D eigenvalue weighted by atomic mass is 10.1. The second kappa shape index (κ2) is 7.70. The predicted molar refractivity (Wildman–Crippen MR) is 92.8 cm³/mol. The second-order valence-electron chi connectivity index (χ2n) is 5.43. The molecule has 0 spiro atoms. The first-order valence-electron chi connectivity index (χ1n) is 7.83. The summed E-state index contributed by atoms with van der Waals surface area (Å²) in [6.45, 7) is 0.540. The van der Waals surface area contributed by atoms with E-state index in [0.29, 0.717) is 18.7 Å². The van der Waals surface area contributed by atoms with Crippen LogP contribution in [0.3, 0.4) is 0 Å². The molecular weight excluding hydrogens is 347 g/mol. The molecule has 3 rings (SSSR count). The number of aromatic nitrogens is 1. The average Bonchev–Trinajstić information content (AvgIpc) is 3.08. The van der Waals surface area contributed by atoms with E-state index in [1.165, 1.54) is 23.5 Å². The monoisotopic (exact) mass is 363 g/mol. The molecule has 1 heterocycles. The van der Waals surface area contributed by atoms with Gasteiger partial charge in [0.25, 0.3) is 0 Å². The summed E-state index contributed by atoms with van der Waals surface area (Å²) in [5.74, 6) is 0.807. The summed E-state index contributed by atoms with van der Waals surface area (Å²) in [7, 11) is 0. The Kier molecular flexibility index (Phi) is 5.38. The predicted octanol–water partition coefficient (Wildman–Crippen LogP) is 5.84. The molecule has 0 aliphatic rings. The van der Waals surface area contributed by atoms with Crippen molar-refractivity contribution in [3.63, 3.8) is 0 Å². The minimum atomic E-state index is -4.39. The van der Waals surface area contributed by atoms with Gasteiger partial charge in [0.1, 0.15) is 5.75 Å². The maximum absolute atomic E-state index is 13.1. The van der Waals surface area contributed by atoms with E-state index in [4.69, 9.17) is 4.74 Å². The van der Waals surface area contributed by atoms with E-state index < -0.39 is 11.7 Å². The van der Waals surface area contributed by atoms with E-state index in [1.807, 2.05) is 30.3 Å². The molecule has 0 N–H and O–H groups in total. The maximum Gasteiger partial charge on any atom is 0.417 e. The van der Waals surface area contributed by atoms with Crippen molar-refractivity contribution in [2.24, 2.45) is 0 Å². The van der Waals surface area contributed by atoms with E-state index >= 15 is 0 Å². The summed E-state index contributed by atoms with van der Waals surface area (Å²) < 4.78 is 44.9. The molecule has 25 heavy (non-hydrogen) atoms. The smallest absolute Gasteiger partial charge is 0.417 e. The Morgan fingerprint density at radius 3 is 2.44 bits per heavy atom. The van der Waals surface area contributed by atoms with Crippen molar-refractivity contribution in [3.8, 4) is 17.0 Å². The maximum atomic E-state index is 13.1. The molecule has 6 heteroatoms. The molecule has 0 unspecified atom stereocenters. The van der Waals surface area contributed by atoms with Gasteiger partial charge in [-0.3, -0.25) is 0 Å². The summed E-state index contributed by atoms with van der Waals surface area (Å²) in [6.07, 6.45) is -2.96. The van der Waals surface area contributed by atoms with Crippen molar-refractivity contribution in [2.45, 2.75) is 19.0 Å². The molecule has 0 amide bonds. The van der Waals surface area contributed by atoms with Crippen LogP contribution >= 0.6 is 11.3 Å². The van der Waals surface area contributed by atoms with E-state index in [1.54, 1.807) is 11.4 Å². The van der Waals surface area contributed by atoms with Gasteiger partial charge in [-0.25, -0.2) is 4.98 Å². The third kappa shape index (κ3) is 4.60. The highest BCUT2D eigenvalue weighted by atomic mass is 32.1. The number of benzene rings is 2. The summed E-state index contributed by atoms with van der Waals surface area (Å²) in [5, 5.41) is 2.49. The van der Waals surface area contributed by atoms with Crippen LogP contribution in [-0.2, 0) is 12.6 Å². The van der Waals surface area contributed by atoms with Gasteiger partial charge in [-0.15, -0.1) is 11.3 Å². The molecule has 0 aliphatic heterocycles. The van der Waals surface area contributed by atoms with Crippen molar-refractivity contribution in [2.75, 3.05) is 6.61 Å². The summed E-state index contributed by atoms with van der Waals surface area (Å²) in [5.41, 5.74) is -0.158. The zero-order valence-corrected chi connectivity index (χ0v) is 14.1. The van der Waals surface area contributed by atoms with Gasteiger partial charge in [-0.2, -0.15) is 13.2 Å². The Labute approximate surface area is 147 Å². The first-order valence-corrected chi connectivity index (χ1v) is 8.71. The van der Waals surface area contributed by atoms with E-state index in [-0.39, 0.29) is 5.56 Å². The Bertz CT molecular complexity index is 815. The summed E-state index contributed by atoms with van der Waals surface area (Å²) >= 11 is 1.38. The fraction of sp³-hybridized carbons (Fsp3) is 0.211. The van der Waals surface area contributed by atoms with Gasteiger partial charge in [0.15, 0.2) is 0 Å². The standard InChI is InChI=1S/C19H16F3NOS/c20-19(21,22)16-10-5-4-9-15(16)17-13-25-18(23-17)11-6-12-24-14-7-2-1-3-8-14/h1-5,7-10,13H,6,11-12H2. The number of rotatable bonds is 6. The molecule has 0 bridgehead atoms. The van der Waals surface area contributed by atoms with Crippen molar-refractivity contribution >= 4 is 11.3 Å². The Morgan fingerprint density at radius 2 is 1.68 bits per heavy atom. The first-order chi connectivity index (χ1) is 12.0. The quantitative estimate of drug-likeness (QED) is 0.513. The summed E-state index contributed by atoms with van der Waals surface area (Å²) in [6, 6.07) is 15.0. The molecular formula is C19H16F3NOS. The molecule has 1 aromatic heterocycles. The zero-order valence-electron chi connectivity index (χ0n) is 13.3. The number of ether oxygens (including phenoxy) is 1. The number of aryl methyl sites for hydroxylation is 1. The van der Waals surface area contributed by atoms with Crippen LogP contribution in [0.25, 0.3) is 11.3 Å². The van der Waals surface area contributed by atoms with E-state index in [0.717, 1.165) is 23.2 Å². The molecule has 3 aromatic rings. The van der Waals surface area contributed by atoms with E-state index in [9.17, 15) is 13.2 Å². The van der Waals surface area contributed by atoms with Crippen LogP contribution in [0, 0.1) is 0 Å². The van der Waals surface area contributed by atoms with Crippen LogP contribution in [0.2, 0.25) is 0 Å². The topological polar surface area (TPSA) is 22.1 Å². The van der Waals surface area contributed by atoms with Gasteiger partial charge in [0, 0.05) is 17.4 Å². The molecule has 2 nitrogen and oxygen atoms in total. The number of para-hydroxylation sites is 1. The van der Waals surface area contributed by atoms with E-state index in [2.05, 4.69) is 4.98 Å². The van der Waals surface area contributed by atoms with Gasteiger partial charge >= 0.3 is 6.18 Å². The molecule has 0 atom stereocenters. The molecule has 0 radical (unpaired) electrons. The highest BCUT2D eigenvalue weighted by molar-refractivity contribution is 7.09. The summed E-state index contributed by atoms with van der Waals surface area (Å²) in [4.78, 5) is 4.36. The van der Waals surface area contributed by atoms with Gasteiger partial charge < -0.3 is 4.74 Å². The van der Waals surface area contributed by atoms with Crippen LogP contribution < -0.4 is 4.74 Å². The lowest BCUT2D eigenvalue weighted by Gasteiger charge is -2.10. The van der Waals surface area contributed by atoms with Crippen molar-refractivity contribution in [1.82, 2.24) is 4.98 Å². The van der Waals surface area contributed by atoms with Gasteiger partial charge in [0.05, 0.1) is 22.9 Å². The molecule has 130 valence electrons. The average molecular weight is 363 g/mol. The van der Waals surface area contributed by atoms with Gasteiger partial charge in [-0.05, 0) is 24.6 Å². The third-order valence-electron chi connectivity index (χ3n) is 3.61. The molecule has 0 saturated carbocycles. The van der Waals surface area contributed by atoms with Crippen molar-refractivity contribution in [1.29, 1.82) is 0 Å². The SMILES string of the molecule is FC(F)(F)c1ccccc1-c1csc(CCCOc2ccccc2)n1. The Morgan fingerprint density at radius 1 is 0.960 bits per heavy atom. The lowest BCUT2D eigenvalue weighted by molar-refractivity contribution is -0.137. The number of alkyl halides is 3. The van der Waals surface area contributed by atoms with Crippen LogP contribution in [0.15, 0.2) is 60.0 Å². The van der Waals surface area contributed by atoms with Crippen LogP contribution in [0.5, 0.6) is 5.75 Å². The van der Waals surface area contributed by atoms with Crippen LogP contribution in [-0.4, -0.2) is 11.6 Å². The minimum absolute atomic E-state index is 0.123. The zero-order chi connectivity index (χ0) is 17.7. The normalized spacial score (nSPS) is 11.5. The molecule has 0 fully saturated rings. The minimum Gasteiger partial charge on any atom is -0.494 e. The fourth-order valence-electron chi connectivity index (χ4n) is 2.43. The van der Waals surface area contributed by atoms with Gasteiger partial charge in [-0.1, -0.05) is 36.4 Å². The third-order valence-corrected chi connectivity index (χ3v) is 4.52. The van der Waals surface area contributed by atoms with Crippen LogP contribution in [0.1, 0.15) is 17.0 Å². The van der Waals surface area contributed by atoms with Crippen molar-refractivity contribution < 1.29 is 17.9 Å². The fourth-order valence-corrected chi connectivity index (χ4v) is 3.27. The Balaban J connectivity index is 1.62. The lowest BCUT2D eigenvalue weighted by Crippen LogP contribution is -2.07. The van der Waals surface area contributed by atoms with Crippen molar-refractivity contribution in [3.05, 3.63) is 70.5 Å². The van der Waals surface area contributed by atoms with Gasteiger partial charge in [0.2, 0.25) is 0 Å². The highest BCUT2D eigenvalue weighted by Gasteiger charge is 2.33.